The molecule has 0 unspecified atom stereocenters. The Morgan fingerprint density at radius 2 is 2.31 bits per heavy atom. The van der Waals surface area contributed by atoms with E-state index in [4.69, 9.17) is 5.73 Å². The van der Waals surface area contributed by atoms with Crippen molar-refractivity contribution in [2.45, 2.75) is 13.3 Å². The first kappa shape index (κ1) is 12.4. The predicted molar refractivity (Wildman–Crippen MR) is 62.6 cm³/mol. The molecule has 0 amide bonds. The van der Waals surface area contributed by atoms with E-state index in [-0.39, 0.29) is 5.69 Å². The highest BCUT2D eigenvalue weighted by atomic mass is 16.6. The van der Waals surface area contributed by atoms with E-state index in [0.29, 0.717) is 18.9 Å². The van der Waals surface area contributed by atoms with Crippen molar-refractivity contribution in [2.24, 2.45) is 5.73 Å². The fourth-order valence-corrected chi connectivity index (χ4v) is 1.41. The zero-order chi connectivity index (χ0) is 12.1. The Labute approximate surface area is 94.2 Å². The highest BCUT2D eigenvalue weighted by Crippen LogP contribution is 2.25. The molecule has 2 N–H and O–H groups in total. The molecule has 0 radical (unpaired) electrons. The SMILES string of the molecule is Cc1cnc(N(C)CCCN)c([N+](=O)[O-])c1. The van der Waals surface area contributed by atoms with Crippen LogP contribution in [0.3, 0.4) is 0 Å². The minimum absolute atomic E-state index is 0.0412. The molecule has 0 aliphatic carbocycles. The molecule has 6 heteroatoms. The first-order valence-electron chi connectivity index (χ1n) is 5.08. The van der Waals surface area contributed by atoms with Gasteiger partial charge >= 0.3 is 5.69 Å². The monoisotopic (exact) mass is 224 g/mol. The Bertz CT molecular complexity index is 381. The smallest absolute Gasteiger partial charge is 0.311 e. The zero-order valence-electron chi connectivity index (χ0n) is 9.51. The molecule has 1 aromatic rings. The zero-order valence-corrected chi connectivity index (χ0v) is 9.51. The van der Waals surface area contributed by atoms with Crippen LogP contribution in [0.5, 0.6) is 0 Å². The predicted octanol–water partition coefficient (Wildman–Crippen LogP) is 1.08. The van der Waals surface area contributed by atoms with Gasteiger partial charge in [0.05, 0.1) is 4.92 Å². The van der Waals surface area contributed by atoms with Crippen LogP contribution in [0.4, 0.5) is 11.5 Å². The fourth-order valence-electron chi connectivity index (χ4n) is 1.41. The second kappa shape index (κ2) is 5.41. The summed E-state index contributed by atoms with van der Waals surface area (Å²) in [5.41, 5.74) is 6.22. The van der Waals surface area contributed by atoms with Crippen LogP contribution in [0.2, 0.25) is 0 Å². The number of aryl methyl sites for hydroxylation is 1. The quantitative estimate of drug-likeness (QED) is 0.597. The third-order valence-corrected chi connectivity index (χ3v) is 2.24. The highest BCUT2D eigenvalue weighted by Gasteiger charge is 2.18. The summed E-state index contributed by atoms with van der Waals surface area (Å²) < 4.78 is 0. The van der Waals surface area contributed by atoms with Crippen LogP contribution in [0.25, 0.3) is 0 Å². The van der Waals surface area contributed by atoms with Gasteiger partial charge in [0.1, 0.15) is 0 Å². The van der Waals surface area contributed by atoms with Crippen molar-refractivity contribution in [2.75, 3.05) is 25.0 Å². The van der Waals surface area contributed by atoms with Gasteiger partial charge in [-0.25, -0.2) is 4.98 Å². The molecule has 1 aromatic heterocycles. The minimum atomic E-state index is -0.408. The maximum atomic E-state index is 10.9. The van der Waals surface area contributed by atoms with Crippen LogP contribution >= 0.6 is 0 Å². The summed E-state index contributed by atoms with van der Waals surface area (Å²) in [6.07, 6.45) is 2.41. The van der Waals surface area contributed by atoms with Gasteiger partial charge in [0, 0.05) is 25.9 Å². The van der Waals surface area contributed by atoms with E-state index < -0.39 is 4.92 Å². The summed E-state index contributed by atoms with van der Waals surface area (Å²) in [6.45, 7) is 3.00. The van der Waals surface area contributed by atoms with Crippen LogP contribution in [-0.4, -0.2) is 30.0 Å². The van der Waals surface area contributed by atoms with E-state index in [9.17, 15) is 10.1 Å². The van der Waals surface area contributed by atoms with E-state index in [2.05, 4.69) is 4.98 Å². The second-order valence-electron chi connectivity index (χ2n) is 3.68. The van der Waals surface area contributed by atoms with Gasteiger partial charge < -0.3 is 10.6 Å². The van der Waals surface area contributed by atoms with E-state index in [0.717, 1.165) is 12.0 Å². The summed E-state index contributed by atoms with van der Waals surface area (Å²) >= 11 is 0. The van der Waals surface area contributed by atoms with Gasteiger partial charge in [0.2, 0.25) is 5.82 Å². The number of nitrogens with two attached hydrogens (primary N) is 1. The van der Waals surface area contributed by atoms with Gasteiger partial charge in [-0.1, -0.05) is 0 Å². The molecule has 0 saturated carbocycles. The van der Waals surface area contributed by atoms with Gasteiger partial charge in [0.15, 0.2) is 0 Å². The molecule has 16 heavy (non-hydrogen) atoms. The molecule has 0 saturated heterocycles. The van der Waals surface area contributed by atoms with Crippen molar-refractivity contribution in [3.05, 3.63) is 27.9 Å². The maximum Gasteiger partial charge on any atom is 0.311 e. The van der Waals surface area contributed by atoms with E-state index >= 15 is 0 Å². The maximum absolute atomic E-state index is 10.9. The molecular formula is C10H16N4O2. The third kappa shape index (κ3) is 2.90. The largest absolute Gasteiger partial charge is 0.354 e. The van der Waals surface area contributed by atoms with Crippen molar-refractivity contribution in [3.63, 3.8) is 0 Å². The van der Waals surface area contributed by atoms with Crippen LogP contribution in [0.15, 0.2) is 12.3 Å². The molecule has 0 aromatic carbocycles. The summed E-state index contributed by atoms with van der Waals surface area (Å²) in [5, 5.41) is 10.9. The molecule has 0 aliphatic heterocycles. The van der Waals surface area contributed by atoms with Crippen molar-refractivity contribution < 1.29 is 4.92 Å². The van der Waals surface area contributed by atoms with Gasteiger partial charge in [-0.2, -0.15) is 0 Å². The molecule has 6 nitrogen and oxygen atoms in total. The lowest BCUT2D eigenvalue weighted by atomic mass is 10.2. The van der Waals surface area contributed by atoms with Gasteiger partial charge in [0.25, 0.3) is 0 Å². The van der Waals surface area contributed by atoms with Crippen LogP contribution in [0.1, 0.15) is 12.0 Å². The Kier molecular flexibility index (Phi) is 4.19. The average Bonchev–Trinajstić information content (AvgIpc) is 2.25. The summed E-state index contributed by atoms with van der Waals surface area (Å²) in [7, 11) is 1.78. The van der Waals surface area contributed by atoms with E-state index in [1.807, 2.05) is 0 Å². The average molecular weight is 224 g/mol. The number of aromatic nitrogens is 1. The topological polar surface area (TPSA) is 85.3 Å². The summed E-state index contributed by atoms with van der Waals surface area (Å²) in [6, 6.07) is 1.53. The standard InChI is InChI=1S/C10H16N4O2/c1-8-6-9(14(15)16)10(12-7-8)13(2)5-3-4-11/h6-7H,3-5,11H2,1-2H3. The van der Waals surface area contributed by atoms with Crippen molar-refractivity contribution >= 4 is 11.5 Å². The lowest BCUT2D eigenvalue weighted by Crippen LogP contribution is -2.23. The number of anilines is 1. The Morgan fingerprint density at radius 3 is 2.88 bits per heavy atom. The Morgan fingerprint density at radius 1 is 1.62 bits per heavy atom. The fraction of sp³-hybridized carbons (Fsp3) is 0.500. The van der Waals surface area contributed by atoms with E-state index in [1.54, 1.807) is 25.1 Å². The Hall–Kier alpha value is -1.69. The number of hydrogen-bond acceptors (Lipinski definition) is 5. The molecule has 0 atom stereocenters. The van der Waals surface area contributed by atoms with Crippen LogP contribution < -0.4 is 10.6 Å². The lowest BCUT2D eigenvalue weighted by molar-refractivity contribution is -0.384. The highest BCUT2D eigenvalue weighted by molar-refractivity contribution is 5.57. The normalized spacial score (nSPS) is 10.2. The molecule has 0 fully saturated rings. The summed E-state index contributed by atoms with van der Waals surface area (Å²) in [5.74, 6) is 0.393. The van der Waals surface area contributed by atoms with Crippen molar-refractivity contribution in [3.8, 4) is 0 Å². The number of hydrogen-bond donors (Lipinski definition) is 1. The van der Waals surface area contributed by atoms with Crippen LogP contribution in [0, 0.1) is 17.0 Å². The molecule has 0 bridgehead atoms. The molecule has 0 spiro atoms. The number of pyridine rings is 1. The van der Waals surface area contributed by atoms with E-state index in [1.165, 1.54) is 6.07 Å². The molecule has 0 aliphatic rings. The van der Waals surface area contributed by atoms with Crippen molar-refractivity contribution in [1.82, 2.24) is 4.98 Å². The number of nitrogens with zero attached hydrogens (tertiary/aromatic N) is 3. The number of rotatable bonds is 5. The molecular weight excluding hydrogens is 208 g/mol. The second-order valence-corrected chi connectivity index (χ2v) is 3.68. The van der Waals surface area contributed by atoms with Gasteiger partial charge in [-0.05, 0) is 25.5 Å². The third-order valence-electron chi connectivity index (χ3n) is 2.24. The van der Waals surface area contributed by atoms with Gasteiger partial charge in [-0.3, -0.25) is 10.1 Å². The van der Waals surface area contributed by atoms with Crippen LogP contribution in [-0.2, 0) is 0 Å². The van der Waals surface area contributed by atoms with Gasteiger partial charge in [-0.15, -0.1) is 0 Å². The Balaban J connectivity index is 2.98. The van der Waals surface area contributed by atoms with Crippen molar-refractivity contribution in [1.29, 1.82) is 0 Å². The first-order chi connectivity index (χ1) is 7.56. The summed E-state index contributed by atoms with van der Waals surface area (Å²) in [4.78, 5) is 16.3. The lowest BCUT2D eigenvalue weighted by Gasteiger charge is -2.17. The first-order valence-corrected chi connectivity index (χ1v) is 5.08. The minimum Gasteiger partial charge on any atom is -0.354 e. The molecule has 1 heterocycles. The molecule has 1 rings (SSSR count). The molecule has 88 valence electrons. The number of nitro groups is 1.